The molecule has 0 fully saturated rings. The largest absolute Gasteiger partial charge is 0.299 e. The van der Waals surface area contributed by atoms with Crippen molar-refractivity contribution in [3.05, 3.63) is 206 Å². The van der Waals surface area contributed by atoms with E-state index in [4.69, 9.17) is 9.97 Å². The van der Waals surface area contributed by atoms with Gasteiger partial charge in [-0.3, -0.25) is 9.30 Å². The quantitative estimate of drug-likeness (QED) is 0.0989. The van der Waals surface area contributed by atoms with E-state index >= 15 is 0 Å². The number of rotatable bonds is 5. The van der Waals surface area contributed by atoms with Crippen LogP contribution in [0.25, 0.3) is 47.5 Å². The second-order valence-electron chi connectivity index (χ2n) is 16.2. The van der Waals surface area contributed by atoms with Gasteiger partial charge in [0.15, 0.2) is 8.07 Å². The van der Waals surface area contributed by atoms with Crippen molar-refractivity contribution in [1.29, 1.82) is 0 Å². The average Bonchev–Trinajstić information content (AvgIpc) is 3.94. The molecule has 1 aliphatic rings. The van der Waals surface area contributed by atoms with Crippen molar-refractivity contribution < 1.29 is 0 Å². The highest BCUT2D eigenvalue weighted by Gasteiger charge is 2.45. The van der Waals surface area contributed by atoms with Crippen LogP contribution in [0.3, 0.4) is 0 Å². The summed E-state index contributed by atoms with van der Waals surface area (Å²) in [5.41, 5.74) is 6.83. The maximum atomic E-state index is 5.05. The maximum Gasteiger partial charge on any atom is 0.179 e. The molecule has 11 aromatic rings. The highest BCUT2D eigenvalue weighted by atomic mass is 32.1. The monoisotopic (exact) mass is 790 g/mol. The number of para-hydroxylation sites is 1. The lowest BCUT2D eigenvalue weighted by Crippen LogP contribution is -2.74. The smallest absolute Gasteiger partial charge is 0.179 e. The summed E-state index contributed by atoms with van der Waals surface area (Å²) in [6.45, 7) is 4.82. The Morgan fingerprint density at radius 2 is 1.19 bits per heavy atom. The number of anilines is 3. The first-order valence-electron chi connectivity index (χ1n) is 20.2. The van der Waals surface area contributed by atoms with Gasteiger partial charge in [-0.25, -0.2) is 9.97 Å². The van der Waals surface area contributed by atoms with Gasteiger partial charge in [0.1, 0.15) is 11.5 Å². The second kappa shape index (κ2) is 12.8. The van der Waals surface area contributed by atoms with E-state index in [1.54, 1.807) is 0 Å². The van der Waals surface area contributed by atoms with Gasteiger partial charge >= 0.3 is 0 Å². The standard InChI is InChI=1S/C53H38N4SSi/c1-53(2)44-28-25-38(34-47(44)57(49-23-13-14-30-54-49)46-29-27-42-41-20-10-12-22-48(41)58-51(42)50(46)53)59(35-15-5-3-6-16-35,36-17-7-4-8-18-36)37-24-26-39-40-19-9-11-21-45(40)56-32-31-55-52(56)43(39)33-37/h3-34H,1-2H3. The molecule has 0 saturated carbocycles. The normalized spacial score (nSPS) is 13.7. The minimum atomic E-state index is -3.03. The van der Waals surface area contributed by atoms with Gasteiger partial charge in [-0.15, -0.1) is 11.3 Å². The number of pyridine rings is 2. The third kappa shape index (κ3) is 4.81. The van der Waals surface area contributed by atoms with Crippen molar-refractivity contribution in [3.63, 3.8) is 0 Å². The Hall–Kier alpha value is -6.86. The molecule has 5 heterocycles. The number of thiophene rings is 1. The summed E-state index contributed by atoms with van der Waals surface area (Å²) in [6.07, 6.45) is 5.93. The van der Waals surface area contributed by atoms with Crippen LogP contribution in [0.5, 0.6) is 0 Å². The summed E-state index contributed by atoms with van der Waals surface area (Å²) in [5, 5.41) is 11.5. The van der Waals surface area contributed by atoms with E-state index in [0.717, 1.165) is 22.4 Å². The minimum Gasteiger partial charge on any atom is -0.299 e. The molecule has 0 bridgehead atoms. The topological polar surface area (TPSA) is 33.4 Å². The van der Waals surface area contributed by atoms with Crippen molar-refractivity contribution in [2.45, 2.75) is 19.3 Å². The summed E-state index contributed by atoms with van der Waals surface area (Å²) >= 11 is 1.91. The lowest BCUT2D eigenvalue weighted by molar-refractivity contribution is 0.638. The lowest BCUT2D eigenvalue weighted by Gasteiger charge is -2.43. The van der Waals surface area contributed by atoms with E-state index in [-0.39, 0.29) is 5.41 Å². The van der Waals surface area contributed by atoms with Gasteiger partial charge < -0.3 is 0 Å². The van der Waals surface area contributed by atoms with Gasteiger partial charge in [-0.05, 0) is 68.1 Å². The molecule has 0 atom stereocenters. The first kappa shape index (κ1) is 34.2. The van der Waals surface area contributed by atoms with Crippen molar-refractivity contribution in [3.8, 4) is 0 Å². The SMILES string of the molecule is CC1(C)c2ccc([Si](c3ccccc3)(c3ccccc3)c3ccc4c5ccccc5n5ccnc5c4c3)cc2N(c2ccccn2)c2ccc3c(sc4ccccc43)c21. The Labute approximate surface area is 347 Å². The van der Waals surface area contributed by atoms with Gasteiger partial charge in [0.2, 0.25) is 0 Å². The van der Waals surface area contributed by atoms with E-state index in [0.29, 0.717) is 0 Å². The Morgan fingerprint density at radius 1 is 0.508 bits per heavy atom. The fourth-order valence-corrected chi connectivity index (χ4v) is 16.4. The highest BCUT2D eigenvalue weighted by molar-refractivity contribution is 7.26. The molecule has 0 aliphatic carbocycles. The summed E-state index contributed by atoms with van der Waals surface area (Å²) in [6, 6.07) is 65.5. The maximum absolute atomic E-state index is 5.05. The van der Waals surface area contributed by atoms with Crippen molar-refractivity contribution in [2.24, 2.45) is 0 Å². The molecule has 4 nitrogen and oxygen atoms in total. The molecular weight excluding hydrogens is 753 g/mol. The van der Waals surface area contributed by atoms with Crippen LogP contribution in [0.15, 0.2) is 195 Å². The zero-order chi connectivity index (χ0) is 39.3. The Bertz CT molecular complexity index is 3390. The minimum absolute atomic E-state index is 0.297. The van der Waals surface area contributed by atoms with E-state index in [9.17, 15) is 0 Å². The second-order valence-corrected chi connectivity index (χ2v) is 21.1. The number of aromatic nitrogens is 3. The van der Waals surface area contributed by atoms with E-state index in [1.165, 1.54) is 74.2 Å². The molecule has 1 aliphatic heterocycles. The summed E-state index contributed by atoms with van der Waals surface area (Å²) in [4.78, 5) is 12.5. The van der Waals surface area contributed by atoms with E-state index in [1.807, 2.05) is 29.8 Å². The van der Waals surface area contributed by atoms with Crippen LogP contribution in [-0.2, 0) is 5.41 Å². The third-order valence-electron chi connectivity index (χ3n) is 12.8. The third-order valence-corrected chi connectivity index (χ3v) is 18.8. The summed E-state index contributed by atoms with van der Waals surface area (Å²) < 4.78 is 4.90. The number of benzene rings is 7. The van der Waals surface area contributed by atoms with Gasteiger partial charge in [-0.1, -0.05) is 153 Å². The molecule has 0 radical (unpaired) electrons. The van der Waals surface area contributed by atoms with Gasteiger partial charge in [0.25, 0.3) is 0 Å². The molecular formula is C53H38N4SSi. The Kier molecular flexibility index (Phi) is 7.43. The average molecular weight is 791 g/mol. The molecule has 0 N–H and O–H groups in total. The van der Waals surface area contributed by atoms with Crippen LogP contribution in [0.4, 0.5) is 17.2 Å². The first-order valence-corrected chi connectivity index (χ1v) is 23.0. The Balaban J connectivity index is 1.18. The van der Waals surface area contributed by atoms with Crippen LogP contribution in [0.2, 0.25) is 0 Å². The van der Waals surface area contributed by atoms with Crippen LogP contribution in [0, 0.1) is 0 Å². The number of fused-ring (bicyclic) bond motifs is 12. The molecule has 0 unspecified atom stereocenters. The fraction of sp³-hybridized carbons (Fsp3) is 0.0566. The zero-order valence-corrected chi connectivity index (χ0v) is 34.5. The molecule has 0 amide bonds. The predicted molar refractivity (Wildman–Crippen MR) is 251 cm³/mol. The zero-order valence-electron chi connectivity index (χ0n) is 32.7. The highest BCUT2D eigenvalue weighted by Crippen LogP contribution is 2.55. The lowest BCUT2D eigenvalue weighted by atomic mass is 9.73. The summed E-state index contributed by atoms with van der Waals surface area (Å²) in [5.74, 6) is 0.911. The van der Waals surface area contributed by atoms with Crippen LogP contribution >= 0.6 is 11.3 Å². The molecule has 280 valence electrons. The first-order chi connectivity index (χ1) is 29.0. The molecule has 6 heteroatoms. The van der Waals surface area contributed by atoms with E-state index in [2.05, 4.69) is 199 Å². The molecule has 12 rings (SSSR count). The summed E-state index contributed by atoms with van der Waals surface area (Å²) in [7, 11) is -3.03. The van der Waals surface area contributed by atoms with Gasteiger partial charge in [0, 0.05) is 60.5 Å². The molecule has 0 spiro atoms. The number of nitrogens with zero attached hydrogens (tertiary/aromatic N) is 4. The van der Waals surface area contributed by atoms with Crippen LogP contribution < -0.4 is 25.6 Å². The van der Waals surface area contributed by atoms with Crippen molar-refractivity contribution >= 4 is 105 Å². The number of hydrogen-bond acceptors (Lipinski definition) is 4. The van der Waals surface area contributed by atoms with Crippen molar-refractivity contribution in [2.75, 3.05) is 4.90 Å². The fourth-order valence-electron chi connectivity index (χ4n) is 10.2. The van der Waals surface area contributed by atoms with Crippen LogP contribution in [-0.4, -0.2) is 22.4 Å². The van der Waals surface area contributed by atoms with Gasteiger partial charge in [0.05, 0.1) is 16.9 Å². The molecule has 4 aromatic heterocycles. The molecule has 7 aromatic carbocycles. The van der Waals surface area contributed by atoms with Gasteiger partial charge in [-0.2, -0.15) is 0 Å². The van der Waals surface area contributed by atoms with Crippen LogP contribution in [0.1, 0.15) is 25.0 Å². The molecule has 59 heavy (non-hydrogen) atoms. The number of imidazole rings is 1. The van der Waals surface area contributed by atoms with Crippen molar-refractivity contribution in [1.82, 2.24) is 14.4 Å². The number of hydrogen-bond donors (Lipinski definition) is 0. The molecule has 0 saturated heterocycles. The Morgan fingerprint density at radius 3 is 1.97 bits per heavy atom. The van der Waals surface area contributed by atoms with E-state index < -0.39 is 8.07 Å². The predicted octanol–water partition coefficient (Wildman–Crippen LogP) is 10.9.